The highest BCUT2D eigenvalue weighted by Gasteiger charge is 2.37. The van der Waals surface area contributed by atoms with Crippen LogP contribution in [0.2, 0.25) is 0 Å². The molecular weight excluding hydrogens is 233 g/mol. The van der Waals surface area contributed by atoms with Crippen molar-refractivity contribution in [3.05, 3.63) is 29.6 Å². The fourth-order valence-corrected chi connectivity index (χ4v) is 2.14. The first-order chi connectivity index (χ1) is 8.41. The van der Waals surface area contributed by atoms with Crippen LogP contribution in [-0.4, -0.2) is 29.4 Å². The lowest BCUT2D eigenvalue weighted by Crippen LogP contribution is -2.61. The van der Waals surface area contributed by atoms with Gasteiger partial charge in [0.2, 0.25) is 5.91 Å². The second-order valence-corrected chi connectivity index (χ2v) is 5.08. The van der Waals surface area contributed by atoms with E-state index in [-0.39, 0.29) is 11.7 Å². The summed E-state index contributed by atoms with van der Waals surface area (Å²) in [6.45, 7) is 5.53. The molecule has 1 fully saturated rings. The van der Waals surface area contributed by atoms with Gasteiger partial charge in [-0.25, -0.2) is 4.39 Å². The Morgan fingerprint density at radius 2 is 2.22 bits per heavy atom. The Bertz CT molecular complexity index is 473. The number of nitrogens with one attached hydrogen (secondary N) is 1. The van der Waals surface area contributed by atoms with Gasteiger partial charge >= 0.3 is 0 Å². The van der Waals surface area contributed by atoms with Crippen LogP contribution in [0.4, 0.5) is 10.1 Å². The molecule has 1 saturated heterocycles. The number of carbonyl (C=O) groups excluding carboxylic acids is 1. The first-order valence-corrected chi connectivity index (χ1v) is 5.98. The number of carbonyl (C=O) groups is 1. The number of nitrogen functional groups attached to an aromatic ring is 1. The first kappa shape index (κ1) is 12.8. The molecule has 0 unspecified atom stereocenters. The van der Waals surface area contributed by atoms with Gasteiger partial charge in [-0.2, -0.15) is 0 Å². The Labute approximate surface area is 106 Å². The first-order valence-electron chi connectivity index (χ1n) is 5.98. The van der Waals surface area contributed by atoms with E-state index in [0.29, 0.717) is 18.8 Å². The third-order valence-electron chi connectivity index (χ3n) is 3.48. The molecule has 1 amide bonds. The van der Waals surface area contributed by atoms with Gasteiger partial charge in [-0.3, -0.25) is 9.69 Å². The molecule has 0 atom stereocenters. The maximum Gasteiger partial charge on any atom is 0.240 e. The molecule has 1 aliphatic heterocycles. The van der Waals surface area contributed by atoms with E-state index in [2.05, 4.69) is 5.32 Å². The molecular formula is C13H18FN3O. The van der Waals surface area contributed by atoms with E-state index in [1.54, 1.807) is 6.07 Å². The van der Waals surface area contributed by atoms with Gasteiger partial charge in [-0.05, 0) is 37.6 Å². The standard InChI is InChI=1S/C13H18FN3O/c1-13(2)12(18)16-5-6-17(13)8-9-7-10(14)3-4-11(9)15/h3-4,7H,5-6,8,15H2,1-2H3,(H,16,18). The van der Waals surface area contributed by atoms with E-state index in [0.717, 1.165) is 12.1 Å². The van der Waals surface area contributed by atoms with Gasteiger partial charge in [-0.1, -0.05) is 0 Å². The molecule has 1 aromatic rings. The van der Waals surface area contributed by atoms with Gasteiger partial charge in [0.05, 0.1) is 5.54 Å². The average Bonchev–Trinajstić information content (AvgIpc) is 2.30. The summed E-state index contributed by atoms with van der Waals surface area (Å²) in [6, 6.07) is 4.33. The van der Waals surface area contributed by atoms with Crippen LogP contribution >= 0.6 is 0 Å². The smallest absolute Gasteiger partial charge is 0.240 e. The van der Waals surface area contributed by atoms with Crippen molar-refractivity contribution in [1.29, 1.82) is 0 Å². The van der Waals surface area contributed by atoms with E-state index in [1.165, 1.54) is 12.1 Å². The fraction of sp³-hybridized carbons (Fsp3) is 0.462. The quantitative estimate of drug-likeness (QED) is 0.774. The molecule has 0 bridgehead atoms. The molecule has 4 nitrogen and oxygen atoms in total. The molecule has 0 saturated carbocycles. The molecule has 0 aliphatic carbocycles. The Morgan fingerprint density at radius 3 is 2.94 bits per heavy atom. The van der Waals surface area contributed by atoms with Gasteiger partial charge in [0.1, 0.15) is 5.82 Å². The third-order valence-corrected chi connectivity index (χ3v) is 3.48. The summed E-state index contributed by atoms with van der Waals surface area (Å²) in [5.74, 6) is -0.317. The van der Waals surface area contributed by atoms with Crippen molar-refractivity contribution in [1.82, 2.24) is 10.2 Å². The van der Waals surface area contributed by atoms with Crippen molar-refractivity contribution < 1.29 is 9.18 Å². The average molecular weight is 251 g/mol. The third kappa shape index (κ3) is 2.31. The van der Waals surface area contributed by atoms with E-state index in [4.69, 9.17) is 5.73 Å². The number of hydrogen-bond acceptors (Lipinski definition) is 3. The fourth-order valence-electron chi connectivity index (χ4n) is 2.14. The molecule has 3 N–H and O–H groups in total. The summed E-state index contributed by atoms with van der Waals surface area (Å²) in [5, 5.41) is 2.83. The predicted molar refractivity (Wildman–Crippen MR) is 68.3 cm³/mol. The van der Waals surface area contributed by atoms with Crippen LogP contribution in [0.5, 0.6) is 0 Å². The summed E-state index contributed by atoms with van der Waals surface area (Å²) in [6.07, 6.45) is 0. The van der Waals surface area contributed by atoms with Crippen LogP contribution < -0.4 is 11.1 Å². The number of anilines is 1. The Hall–Kier alpha value is -1.62. The van der Waals surface area contributed by atoms with Crippen molar-refractivity contribution in [3.8, 4) is 0 Å². The molecule has 98 valence electrons. The summed E-state index contributed by atoms with van der Waals surface area (Å²) in [4.78, 5) is 13.8. The SMILES string of the molecule is CC1(C)C(=O)NCCN1Cc1cc(F)ccc1N. The second kappa shape index (κ2) is 4.57. The number of benzene rings is 1. The molecule has 2 rings (SSSR count). The zero-order valence-corrected chi connectivity index (χ0v) is 10.7. The highest BCUT2D eigenvalue weighted by atomic mass is 19.1. The molecule has 0 spiro atoms. The zero-order valence-electron chi connectivity index (χ0n) is 10.7. The minimum Gasteiger partial charge on any atom is -0.398 e. The molecule has 0 radical (unpaired) electrons. The number of nitrogens with two attached hydrogens (primary N) is 1. The minimum atomic E-state index is -0.600. The molecule has 1 aliphatic rings. The summed E-state index contributed by atoms with van der Waals surface area (Å²) < 4.78 is 13.2. The number of amides is 1. The lowest BCUT2D eigenvalue weighted by Gasteiger charge is -2.41. The second-order valence-electron chi connectivity index (χ2n) is 5.08. The van der Waals surface area contributed by atoms with E-state index < -0.39 is 5.54 Å². The lowest BCUT2D eigenvalue weighted by atomic mass is 9.97. The van der Waals surface area contributed by atoms with Crippen molar-refractivity contribution in [2.75, 3.05) is 18.8 Å². The monoisotopic (exact) mass is 251 g/mol. The number of rotatable bonds is 2. The van der Waals surface area contributed by atoms with Crippen molar-refractivity contribution in [3.63, 3.8) is 0 Å². The summed E-state index contributed by atoms with van der Waals surface area (Å²) in [7, 11) is 0. The zero-order chi connectivity index (χ0) is 13.3. The van der Waals surface area contributed by atoms with Crippen LogP contribution in [0.1, 0.15) is 19.4 Å². The normalized spacial score (nSPS) is 19.6. The summed E-state index contributed by atoms with van der Waals surface area (Å²) in [5.41, 5.74) is 6.51. The van der Waals surface area contributed by atoms with E-state index >= 15 is 0 Å². The number of nitrogens with zero attached hydrogens (tertiary/aromatic N) is 1. The van der Waals surface area contributed by atoms with Gasteiger partial charge in [0.25, 0.3) is 0 Å². The van der Waals surface area contributed by atoms with Crippen LogP contribution in [-0.2, 0) is 11.3 Å². The largest absolute Gasteiger partial charge is 0.398 e. The van der Waals surface area contributed by atoms with Gasteiger partial charge in [0.15, 0.2) is 0 Å². The molecule has 18 heavy (non-hydrogen) atoms. The van der Waals surface area contributed by atoms with E-state index in [9.17, 15) is 9.18 Å². The van der Waals surface area contributed by atoms with Crippen molar-refractivity contribution >= 4 is 11.6 Å². The topological polar surface area (TPSA) is 58.4 Å². The minimum absolute atomic E-state index is 0.0104. The predicted octanol–water partition coefficient (Wildman–Crippen LogP) is 1.12. The number of piperazine rings is 1. The summed E-state index contributed by atoms with van der Waals surface area (Å²) >= 11 is 0. The van der Waals surface area contributed by atoms with E-state index in [1.807, 2.05) is 18.7 Å². The van der Waals surface area contributed by atoms with Crippen LogP contribution in [0.25, 0.3) is 0 Å². The van der Waals surface area contributed by atoms with Gasteiger partial charge in [0, 0.05) is 25.3 Å². The molecule has 0 aromatic heterocycles. The number of hydrogen-bond donors (Lipinski definition) is 2. The maximum atomic E-state index is 13.2. The maximum absolute atomic E-state index is 13.2. The van der Waals surface area contributed by atoms with Crippen LogP contribution in [0.3, 0.4) is 0 Å². The molecule has 5 heteroatoms. The highest BCUT2D eigenvalue weighted by Crippen LogP contribution is 2.23. The number of halogens is 1. The van der Waals surface area contributed by atoms with Crippen LogP contribution in [0.15, 0.2) is 18.2 Å². The Balaban J connectivity index is 2.22. The Kier molecular flexibility index (Phi) is 3.26. The lowest BCUT2D eigenvalue weighted by molar-refractivity contribution is -0.135. The van der Waals surface area contributed by atoms with Crippen molar-refractivity contribution in [2.45, 2.75) is 25.9 Å². The Morgan fingerprint density at radius 1 is 1.50 bits per heavy atom. The highest BCUT2D eigenvalue weighted by molar-refractivity contribution is 5.86. The van der Waals surface area contributed by atoms with Gasteiger partial charge < -0.3 is 11.1 Å². The van der Waals surface area contributed by atoms with Gasteiger partial charge in [-0.15, -0.1) is 0 Å². The molecule has 1 aromatic carbocycles. The van der Waals surface area contributed by atoms with Crippen LogP contribution in [0, 0.1) is 5.82 Å². The van der Waals surface area contributed by atoms with Crippen molar-refractivity contribution in [2.24, 2.45) is 0 Å². The molecule has 1 heterocycles.